The summed E-state index contributed by atoms with van der Waals surface area (Å²) >= 11 is 0. The van der Waals surface area contributed by atoms with E-state index < -0.39 is 5.54 Å². The number of azo groups is 1. The molecule has 3 aromatic carbocycles. The summed E-state index contributed by atoms with van der Waals surface area (Å²) in [7, 11) is 0. The highest BCUT2D eigenvalue weighted by atomic mass is 16.2. The third kappa shape index (κ3) is 1.97. The molecule has 0 fully saturated rings. The molecule has 0 saturated heterocycles. The van der Waals surface area contributed by atoms with Gasteiger partial charge in [0.2, 0.25) is 5.54 Å². The van der Waals surface area contributed by atoms with Gasteiger partial charge in [-0.3, -0.25) is 4.79 Å². The van der Waals surface area contributed by atoms with Gasteiger partial charge in [0.1, 0.15) is 0 Å². The Morgan fingerprint density at radius 2 is 1.64 bits per heavy atom. The van der Waals surface area contributed by atoms with Gasteiger partial charge in [-0.15, -0.1) is 0 Å². The Bertz CT molecular complexity index is 1150. The van der Waals surface area contributed by atoms with Crippen molar-refractivity contribution >= 4 is 17.3 Å². The van der Waals surface area contributed by atoms with Crippen molar-refractivity contribution in [3.05, 3.63) is 94.5 Å². The topological polar surface area (TPSA) is 45.0 Å². The highest BCUT2D eigenvalue weighted by Crippen LogP contribution is 2.54. The number of anilines is 1. The summed E-state index contributed by atoms with van der Waals surface area (Å²) in [6.07, 6.45) is 3.34. The van der Waals surface area contributed by atoms with E-state index in [1.807, 2.05) is 47.4 Å². The second-order valence-corrected chi connectivity index (χ2v) is 7.80. The van der Waals surface area contributed by atoms with Gasteiger partial charge in [0.15, 0.2) is 0 Å². The van der Waals surface area contributed by atoms with E-state index in [0.29, 0.717) is 6.54 Å². The Labute approximate surface area is 163 Å². The Kier molecular flexibility index (Phi) is 3.16. The van der Waals surface area contributed by atoms with Gasteiger partial charge in [0.05, 0.1) is 17.9 Å². The molecule has 1 spiro atoms. The molecule has 1 amide bonds. The molecule has 1 atom stereocenters. The van der Waals surface area contributed by atoms with Gasteiger partial charge in [0, 0.05) is 11.1 Å². The molecule has 3 aromatic rings. The molecule has 0 saturated carbocycles. The zero-order chi connectivity index (χ0) is 18.7. The molecule has 2 aliphatic heterocycles. The Balaban J connectivity index is 1.53. The first-order valence-electron chi connectivity index (χ1n) is 9.82. The summed E-state index contributed by atoms with van der Waals surface area (Å²) in [4.78, 5) is 15.7. The van der Waals surface area contributed by atoms with E-state index in [-0.39, 0.29) is 5.91 Å². The molecular weight excluding hydrogens is 346 g/mol. The monoisotopic (exact) mass is 365 g/mol. The lowest BCUT2D eigenvalue weighted by molar-refractivity contribution is -0.121. The van der Waals surface area contributed by atoms with Crippen LogP contribution in [0.25, 0.3) is 0 Å². The van der Waals surface area contributed by atoms with E-state index in [0.717, 1.165) is 40.9 Å². The van der Waals surface area contributed by atoms with Gasteiger partial charge in [-0.25, -0.2) is 0 Å². The van der Waals surface area contributed by atoms with E-state index in [1.54, 1.807) is 0 Å². The van der Waals surface area contributed by atoms with Crippen LogP contribution in [0.1, 0.15) is 34.2 Å². The highest BCUT2D eigenvalue weighted by molar-refractivity contribution is 6.11. The van der Waals surface area contributed by atoms with Gasteiger partial charge >= 0.3 is 0 Å². The van der Waals surface area contributed by atoms with Gasteiger partial charge < -0.3 is 4.90 Å². The molecule has 1 aliphatic carbocycles. The third-order valence-corrected chi connectivity index (χ3v) is 6.23. The van der Waals surface area contributed by atoms with Crippen molar-refractivity contribution in [2.24, 2.45) is 10.2 Å². The number of hydrogen-bond acceptors (Lipinski definition) is 3. The van der Waals surface area contributed by atoms with Crippen LogP contribution < -0.4 is 4.90 Å². The molecule has 28 heavy (non-hydrogen) atoms. The number of fused-ring (bicyclic) bond motifs is 5. The van der Waals surface area contributed by atoms with Crippen LogP contribution in [0.4, 0.5) is 11.4 Å². The number of hydrogen-bond donors (Lipinski definition) is 0. The van der Waals surface area contributed by atoms with E-state index in [9.17, 15) is 4.79 Å². The molecule has 1 unspecified atom stereocenters. The maximum absolute atomic E-state index is 13.8. The molecule has 3 aliphatic rings. The molecule has 136 valence electrons. The summed E-state index contributed by atoms with van der Waals surface area (Å²) < 4.78 is 0. The third-order valence-electron chi connectivity index (χ3n) is 6.23. The van der Waals surface area contributed by atoms with E-state index in [2.05, 4.69) is 34.5 Å². The van der Waals surface area contributed by atoms with Crippen molar-refractivity contribution in [1.82, 2.24) is 0 Å². The van der Waals surface area contributed by atoms with Crippen molar-refractivity contribution in [3.63, 3.8) is 0 Å². The first-order chi connectivity index (χ1) is 13.8. The zero-order valence-corrected chi connectivity index (χ0v) is 15.4. The number of benzene rings is 3. The van der Waals surface area contributed by atoms with Gasteiger partial charge in [-0.05, 0) is 54.2 Å². The predicted octanol–water partition coefficient (Wildman–Crippen LogP) is 5.06. The zero-order valence-electron chi connectivity index (χ0n) is 15.4. The minimum atomic E-state index is -1.03. The number of amides is 1. The summed E-state index contributed by atoms with van der Waals surface area (Å²) in [5, 5.41) is 9.10. The summed E-state index contributed by atoms with van der Waals surface area (Å²) in [6.45, 7) is 0.536. The standard InChI is InChI=1S/C24H19N3O/c28-23-24(20-13-17-9-6-10-18(17)14-21(20)25-26-24)19-11-4-5-12-22(19)27(23)15-16-7-2-1-3-8-16/h1-5,7-8,11-14H,6,9-10,15H2. The molecule has 0 radical (unpaired) electrons. The Morgan fingerprint density at radius 3 is 2.50 bits per heavy atom. The molecule has 0 N–H and O–H groups in total. The van der Waals surface area contributed by atoms with Crippen molar-refractivity contribution < 1.29 is 4.79 Å². The molecular formula is C24H19N3O. The van der Waals surface area contributed by atoms with Crippen LogP contribution in [0.5, 0.6) is 0 Å². The average molecular weight is 365 g/mol. The van der Waals surface area contributed by atoms with Crippen LogP contribution in [0, 0.1) is 0 Å². The minimum Gasteiger partial charge on any atom is -0.305 e. The Morgan fingerprint density at radius 1 is 0.893 bits per heavy atom. The Hall–Kier alpha value is -3.27. The van der Waals surface area contributed by atoms with Crippen molar-refractivity contribution in [1.29, 1.82) is 0 Å². The molecule has 0 aromatic heterocycles. The fourth-order valence-corrected chi connectivity index (χ4v) is 4.88. The highest BCUT2D eigenvalue weighted by Gasteiger charge is 2.56. The van der Waals surface area contributed by atoms with Crippen LogP contribution in [0.3, 0.4) is 0 Å². The summed E-state index contributed by atoms with van der Waals surface area (Å²) in [5.74, 6) is -0.00185. The number of para-hydroxylation sites is 1. The van der Waals surface area contributed by atoms with E-state index in [1.165, 1.54) is 17.5 Å². The predicted molar refractivity (Wildman–Crippen MR) is 108 cm³/mol. The average Bonchev–Trinajstić information content (AvgIpc) is 3.40. The normalized spacial score (nSPS) is 21.3. The van der Waals surface area contributed by atoms with E-state index >= 15 is 0 Å². The number of nitrogens with zero attached hydrogens (tertiary/aromatic N) is 3. The maximum Gasteiger partial charge on any atom is 0.266 e. The van der Waals surface area contributed by atoms with Crippen LogP contribution in [0.15, 0.2) is 77.0 Å². The van der Waals surface area contributed by atoms with Crippen LogP contribution in [-0.2, 0) is 29.7 Å². The lowest BCUT2D eigenvalue weighted by atomic mass is 9.83. The molecule has 4 heteroatoms. The first kappa shape index (κ1) is 15.8. The van der Waals surface area contributed by atoms with Crippen molar-refractivity contribution in [2.45, 2.75) is 31.3 Å². The minimum absolute atomic E-state index is 0.00185. The smallest absolute Gasteiger partial charge is 0.266 e. The van der Waals surface area contributed by atoms with Crippen LogP contribution in [-0.4, -0.2) is 5.91 Å². The number of aryl methyl sites for hydroxylation is 2. The second kappa shape index (κ2) is 5.61. The molecule has 6 rings (SSSR count). The summed E-state index contributed by atoms with van der Waals surface area (Å²) in [6, 6.07) is 22.5. The lowest BCUT2D eigenvalue weighted by Gasteiger charge is -2.22. The number of carbonyl (C=O) groups is 1. The quantitative estimate of drug-likeness (QED) is 0.626. The lowest BCUT2D eigenvalue weighted by Crippen LogP contribution is -2.38. The van der Waals surface area contributed by atoms with E-state index in [4.69, 9.17) is 0 Å². The second-order valence-electron chi connectivity index (χ2n) is 7.80. The van der Waals surface area contributed by atoms with Gasteiger partial charge in [0.25, 0.3) is 5.91 Å². The van der Waals surface area contributed by atoms with Gasteiger partial charge in [-0.2, -0.15) is 10.2 Å². The van der Waals surface area contributed by atoms with Crippen molar-refractivity contribution in [3.8, 4) is 0 Å². The first-order valence-corrected chi connectivity index (χ1v) is 9.82. The fourth-order valence-electron chi connectivity index (χ4n) is 4.88. The molecule has 4 nitrogen and oxygen atoms in total. The fraction of sp³-hybridized carbons (Fsp3) is 0.208. The van der Waals surface area contributed by atoms with Crippen LogP contribution in [0.2, 0.25) is 0 Å². The van der Waals surface area contributed by atoms with Crippen molar-refractivity contribution in [2.75, 3.05) is 4.90 Å². The molecule has 2 heterocycles. The maximum atomic E-state index is 13.8. The summed E-state index contributed by atoms with van der Waals surface area (Å²) in [5.41, 5.74) is 6.45. The largest absolute Gasteiger partial charge is 0.305 e. The number of rotatable bonds is 2. The molecule has 0 bridgehead atoms. The number of carbonyl (C=O) groups excluding carboxylic acids is 1. The van der Waals surface area contributed by atoms with Crippen LogP contribution >= 0.6 is 0 Å². The SMILES string of the molecule is O=C1N(Cc2ccccc2)c2ccccc2C12N=Nc1cc3c(cc12)CCC3. The van der Waals surface area contributed by atoms with Gasteiger partial charge in [-0.1, -0.05) is 48.5 Å².